The molecule has 0 aliphatic carbocycles. The van der Waals surface area contributed by atoms with Crippen molar-refractivity contribution in [2.45, 2.75) is 6.92 Å². The SMILES string of the molecule is CC(=O)O.Fc1c[nH][c-]n1.[K+]. The average Bonchev–Trinajstić information content (AvgIpc) is 2.15. The minimum Gasteiger partial charge on any atom is -0.481 e. The number of aromatic amines is 1. The van der Waals surface area contributed by atoms with Crippen LogP contribution in [0.25, 0.3) is 0 Å². The van der Waals surface area contributed by atoms with Crippen LogP contribution in [0.15, 0.2) is 6.20 Å². The number of aromatic nitrogens is 2. The minimum absolute atomic E-state index is 0. The van der Waals surface area contributed by atoms with E-state index >= 15 is 0 Å². The molecule has 0 saturated carbocycles. The molecule has 0 bridgehead atoms. The van der Waals surface area contributed by atoms with Gasteiger partial charge in [0, 0.05) is 13.3 Å². The predicted octanol–water partition coefficient (Wildman–Crippen LogP) is -2.56. The molecule has 1 aromatic rings. The summed E-state index contributed by atoms with van der Waals surface area (Å²) in [6, 6.07) is 0. The Morgan fingerprint density at radius 2 is 2.36 bits per heavy atom. The van der Waals surface area contributed by atoms with E-state index in [4.69, 9.17) is 9.90 Å². The fraction of sp³-hybridized carbons (Fsp3) is 0.200. The molecule has 1 aromatic heterocycles. The summed E-state index contributed by atoms with van der Waals surface area (Å²) in [5, 5.41) is 7.42. The van der Waals surface area contributed by atoms with Crippen LogP contribution in [0.5, 0.6) is 0 Å². The van der Waals surface area contributed by atoms with Gasteiger partial charge in [0.15, 0.2) is 0 Å². The van der Waals surface area contributed by atoms with Crippen molar-refractivity contribution in [1.29, 1.82) is 0 Å². The van der Waals surface area contributed by atoms with Crippen molar-refractivity contribution < 1.29 is 65.7 Å². The topological polar surface area (TPSA) is 66.0 Å². The number of halogens is 1. The van der Waals surface area contributed by atoms with E-state index in [0.717, 1.165) is 13.1 Å². The molecule has 0 aliphatic rings. The van der Waals surface area contributed by atoms with Crippen LogP contribution in [0.2, 0.25) is 0 Å². The minimum atomic E-state index is -0.833. The summed E-state index contributed by atoms with van der Waals surface area (Å²) in [7, 11) is 0. The van der Waals surface area contributed by atoms with Crippen LogP contribution in [0.4, 0.5) is 4.39 Å². The van der Waals surface area contributed by atoms with Crippen LogP contribution in [-0.2, 0) is 4.79 Å². The molecule has 0 fully saturated rings. The zero-order valence-electron chi connectivity index (χ0n) is 6.26. The summed E-state index contributed by atoms with van der Waals surface area (Å²) in [6.45, 7) is 1.08. The van der Waals surface area contributed by atoms with E-state index in [-0.39, 0.29) is 51.4 Å². The van der Waals surface area contributed by atoms with Gasteiger partial charge >= 0.3 is 51.4 Å². The van der Waals surface area contributed by atoms with Gasteiger partial charge in [-0.1, -0.05) is 6.20 Å². The van der Waals surface area contributed by atoms with Gasteiger partial charge in [-0.3, -0.25) is 9.18 Å². The molecule has 56 valence electrons. The van der Waals surface area contributed by atoms with Gasteiger partial charge < -0.3 is 15.1 Å². The van der Waals surface area contributed by atoms with Gasteiger partial charge in [-0.15, -0.1) is 0 Å². The van der Waals surface area contributed by atoms with Crippen LogP contribution < -0.4 is 51.4 Å². The molecule has 0 aromatic carbocycles. The van der Waals surface area contributed by atoms with E-state index in [1.165, 1.54) is 0 Å². The number of rotatable bonds is 0. The second-order valence-electron chi connectivity index (χ2n) is 1.35. The van der Waals surface area contributed by atoms with Gasteiger partial charge in [-0.25, -0.2) is 0 Å². The molecule has 2 N–H and O–H groups in total. The third kappa shape index (κ3) is 13.3. The third-order valence-electron chi connectivity index (χ3n) is 0.419. The smallest absolute Gasteiger partial charge is 0.481 e. The Hall–Kier alpha value is 0.246. The fourth-order valence-corrected chi connectivity index (χ4v) is 0.210. The normalized spacial score (nSPS) is 7.09. The van der Waals surface area contributed by atoms with Crippen molar-refractivity contribution in [2.24, 2.45) is 0 Å². The number of aliphatic carboxylic acids is 1. The first-order chi connectivity index (χ1) is 4.63. The Bertz CT molecular complexity index is 186. The van der Waals surface area contributed by atoms with E-state index in [0.29, 0.717) is 0 Å². The van der Waals surface area contributed by atoms with Crippen molar-refractivity contribution in [3.8, 4) is 0 Å². The number of carboxylic acids is 1. The molecule has 1 heterocycles. The Labute approximate surface area is 106 Å². The maximum absolute atomic E-state index is 11.5. The number of carbonyl (C=O) groups is 1. The largest absolute Gasteiger partial charge is 1.00 e. The van der Waals surface area contributed by atoms with E-state index in [9.17, 15) is 4.39 Å². The number of nitrogens with one attached hydrogen (secondary N) is 1. The zero-order valence-corrected chi connectivity index (χ0v) is 9.38. The Morgan fingerprint density at radius 1 is 1.91 bits per heavy atom. The third-order valence-corrected chi connectivity index (χ3v) is 0.419. The fourth-order valence-electron chi connectivity index (χ4n) is 0.210. The van der Waals surface area contributed by atoms with Crippen LogP contribution in [0.3, 0.4) is 0 Å². The van der Waals surface area contributed by atoms with E-state index in [1.807, 2.05) is 0 Å². The molecule has 0 radical (unpaired) electrons. The molecule has 1 rings (SSSR count). The number of hydrogen-bond acceptors (Lipinski definition) is 2. The molecule has 0 atom stereocenters. The molecule has 0 unspecified atom stereocenters. The number of nitrogens with zero attached hydrogens (tertiary/aromatic N) is 1. The number of imidazole rings is 1. The summed E-state index contributed by atoms with van der Waals surface area (Å²) in [5.74, 6) is -1.35. The van der Waals surface area contributed by atoms with Gasteiger partial charge in [-0.2, -0.15) is 0 Å². The molecule has 0 amide bonds. The summed E-state index contributed by atoms with van der Waals surface area (Å²) >= 11 is 0. The van der Waals surface area contributed by atoms with Crippen molar-refractivity contribution >= 4 is 5.97 Å². The number of carboxylic acid groups (broad SMARTS) is 1. The molecule has 4 nitrogen and oxygen atoms in total. The van der Waals surface area contributed by atoms with Crippen molar-refractivity contribution in [3.63, 3.8) is 0 Å². The van der Waals surface area contributed by atoms with E-state index in [2.05, 4.69) is 16.3 Å². The summed E-state index contributed by atoms with van der Waals surface area (Å²) in [6.07, 6.45) is 3.30. The maximum atomic E-state index is 11.5. The number of H-pyrrole nitrogens is 1. The van der Waals surface area contributed by atoms with E-state index < -0.39 is 11.9 Å². The Balaban J connectivity index is 0. The van der Waals surface area contributed by atoms with E-state index in [1.54, 1.807) is 0 Å². The molecule has 0 saturated heterocycles. The monoisotopic (exact) mass is 184 g/mol. The molecule has 11 heavy (non-hydrogen) atoms. The van der Waals surface area contributed by atoms with Gasteiger partial charge in [0.25, 0.3) is 5.97 Å². The second kappa shape index (κ2) is 8.34. The van der Waals surface area contributed by atoms with Crippen LogP contribution in [0.1, 0.15) is 6.92 Å². The van der Waals surface area contributed by atoms with Gasteiger partial charge in [0.2, 0.25) is 0 Å². The van der Waals surface area contributed by atoms with Crippen LogP contribution in [0, 0.1) is 12.3 Å². The van der Waals surface area contributed by atoms with Crippen molar-refractivity contribution in [2.75, 3.05) is 0 Å². The molecule has 0 spiro atoms. The Kier molecular flexibility index (Phi) is 10.5. The molecular formula is C5H6FKN2O2. The van der Waals surface area contributed by atoms with Crippen LogP contribution >= 0.6 is 0 Å². The van der Waals surface area contributed by atoms with Crippen LogP contribution in [-0.4, -0.2) is 21.0 Å². The first-order valence-corrected chi connectivity index (χ1v) is 2.39. The van der Waals surface area contributed by atoms with Gasteiger partial charge in [0.05, 0.1) is 5.95 Å². The quantitative estimate of drug-likeness (QED) is 0.344. The maximum Gasteiger partial charge on any atom is 1.00 e. The van der Waals surface area contributed by atoms with Gasteiger partial charge in [0.1, 0.15) is 0 Å². The molecule has 6 heteroatoms. The second-order valence-corrected chi connectivity index (χ2v) is 1.35. The summed E-state index contributed by atoms with van der Waals surface area (Å²) in [4.78, 5) is 14.4. The number of hydrogen-bond donors (Lipinski definition) is 2. The zero-order chi connectivity index (χ0) is 7.98. The summed E-state index contributed by atoms with van der Waals surface area (Å²) in [5.41, 5.74) is 0. The van der Waals surface area contributed by atoms with Crippen molar-refractivity contribution in [1.82, 2.24) is 9.97 Å². The Morgan fingerprint density at radius 3 is 2.45 bits per heavy atom. The molecular weight excluding hydrogens is 178 g/mol. The average molecular weight is 184 g/mol. The summed E-state index contributed by atoms with van der Waals surface area (Å²) < 4.78 is 11.5. The van der Waals surface area contributed by atoms with Gasteiger partial charge in [-0.05, 0) is 0 Å². The first kappa shape index (κ1) is 13.8. The first-order valence-electron chi connectivity index (χ1n) is 2.39. The molecule has 0 aliphatic heterocycles. The predicted molar refractivity (Wildman–Crippen MR) is 30.7 cm³/mol. The van der Waals surface area contributed by atoms with Crippen molar-refractivity contribution in [3.05, 3.63) is 18.5 Å². The standard InChI is InChI=1S/C3H2FN2.C2H4O2.K/c4-3-1-5-2-6-3;1-2(3)4;/h1H,(H,5,6);1H3,(H,3,4);/q-1;;+1.